The molecule has 0 saturated carbocycles. The molecule has 0 fully saturated rings. The Bertz CT molecular complexity index is 977. The number of halogens is 3. The van der Waals surface area contributed by atoms with E-state index in [1.807, 2.05) is 78.9 Å². The van der Waals surface area contributed by atoms with Crippen LogP contribution >= 0.6 is 43.5 Å². The van der Waals surface area contributed by atoms with Gasteiger partial charge in [-0.2, -0.15) is 0 Å². The monoisotopic (exact) mass is 489 g/mol. The summed E-state index contributed by atoms with van der Waals surface area (Å²) in [6.07, 6.45) is 0. The van der Waals surface area contributed by atoms with Crippen LogP contribution in [0.15, 0.2) is 92.8 Å². The van der Waals surface area contributed by atoms with Crippen molar-refractivity contribution in [3.8, 4) is 0 Å². The average Bonchev–Trinajstić information content (AvgIpc) is 3.01. The molecule has 2 nitrogen and oxygen atoms in total. The van der Waals surface area contributed by atoms with Crippen LogP contribution in [0, 0.1) is 0 Å². The third-order valence-electron chi connectivity index (χ3n) is 4.40. The molecule has 1 heterocycles. The van der Waals surface area contributed by atoms with Gasteiger partial charge in [-0.15, -0.1) is 0 Å². The predicted molar refractivity (Wildman–Crippen MR) is 113 cm³/mol. The summed E-state index contributed by atoms with van der Waals surface area (Å²) in [5.74, 6) is 0. The number of benzene rings is 3. The third-order valence-corrected chi connectivity index (χ3v) is 5.97. The first-order valence-electron chi connectivity index (χ1n) is 8.08. The fourth-order valence-corrected chi connectivity index (χ4v) is 4.57. The van der Waals surface area contributed by atoms with Gasteiger partial charge in [-0.05, 0) is 17.7 Å². The maximum atomic E-state index is 6.41. The molecule has 2 atom stereocenters. The highest BCUT2D eigenvalue weighted by atomic mass is 79.9. The molecule has 0 amide bonds. The van der Waals surface area contributed by atoms with E-state index < -0.39 is 11.3 Å². The van der Waals surface area contributed by atoms with Gasteiger partial charge in [0.15, 0.2) is 5.60 Å². The fourth-order valence-electron chi connectivity index (χ4n) is 3.30. The average molecular weight is 492 g/mol. The quantitative estimate of drug-likeness (QED) is 0.303. The SMILES string of the molecule is ClC1N=C(c2ccccc2Br)C(c2ccccc2)(c2ccccc2Br)O1. The van der Waals surface area contributed by atoms with Crippen molar-refractivity contribution in [2.75, 3.05) is 0 Å². The molecule has 5 heteroatoms. The van der Waals surface area contributed by atoms with Crippen molar-refractivity contribution in [1.82, 2.24) is 0 Å². The Balaban J connectivity index is 2.04. The van der Waals surface area contributed by atoms with Crippen molar-refractivity contribution in [3.05, 3.63) is 104 Å². The summed E-state index contributed by atoms with van der Waals surface area (Å²) in [5, 5.41) is 0. The Morgan fingerprint density at radius 3 is 2.12 bits per heavy atom. The van der Waals surface area contributed by atoms with Gasteiger partial charge in [0.25, 0.3) is 0 Å². The first kappa shape index (κ1) is 17.9. The van der Waals surface area contributed by atoms with E-state index in [-0.39, 0.29) is 0 Å². The molecule has 26 heavy (non-hydrogen) atoms. The van der Waals surface area contributed by atoms with Crippen LogP contribution in [0.5, 0.6) is 0 Å². The molecule has 0 radical (unpaired) electrons. The van der Waals surface area contributed by atoms with E-state index in [0.717, 1.165) is 31.3 Å². The second-order valence-electron chi connectivity index (χ2n) is 5.89. The fraction of sp³-hybridized carbons (Fsp3) is 0.0952. The summed E-state index contributed by atoms with van der Waals surface area (Å²) in [4.78, 5) is 4.68. The van der Waals surface area contributed by atoms with Crippen molar-refractivity contribution >= 4 is 49.2 Å². The second-order valence-corrected chi connectivity index (χ2v) is 7.98. The largest absolute Gasteiger partial charge is 0.320 e. The molecule has 0 saturated heterocycles. The van der Waals surface area contributed by atoms with Gasteiger partial charge in [-0.3, -0.25) is 0 Å². The minimum atomic E-state index is -0.905. The third kappa shape index (κ3) is 2.95. The number of nitrogens with zero attached hydrogens (tertiary/aromatic N) is 1. The van der Waals surface area contributed by atoms with Crippen LogP contribution < -0.4 is 0 Å². The smallest absolute Gasteiger partial charge is 0.227 e. The Morgan fingerprint density at radius 2 is 1.42 bits per heavy atom. The van der Waals surface area contributed by atoms with Crippen molar-refractivity contribution in [1.29, 1.82) is 0 Å². The van der Waals surface area contributed by atoms with Crippen LogP contribution in [0.3, 0.4) is 0 Å². The number of rotatable bonds is 3. The molecule has 0 N–H and O–H groups in total. The predicted octanol–water partition coefficient (Wildman–Crippen LogP) is 6.50. The zero-order valence-electron chi connectivity index (χ0n) is 13.6. The van der Waals surface area contributed by atoms with E-state index in [9.17, 15) is 0 Å². The lowest BCUT2D eigenvalue weighted by Gasteiger charge is -2.33. The maximum absolute atomic E-state index is 6.41. The van der Waals surface area contributed by atoms with Crippen LogP contribution in [-0.2, 0) is 10.3 Å². The molecule has 1 aliphatic rings. The number of hydrogen-bond acceptors (Lipinski definition) is 2. The number of hydrogen-bond donors (Lipinski definition) is 0. The molecule has 1 aliphatic heterocycles. The van der Waals surface area contributed by atoms with E-state index in [1.54, 1.807) is 0 Å². The van der Waals surface area contributed by atoms with Crippen LogP contribution in [0.4, 0.5) is 0 Å². The van der Waals surface area contributed by atoms with E-state index in [1.165, 1.54) is 0 Å². The zero-order valence-corrected chi connectivity index (χ0v) is 17.5. The van der Waals surface area contributed by atoms with Gasteiger partial charge >= 0.3 is 0 Å². The Labute approximate surface area is 174 Å². The van der Waals surface area contributed by atoms with Crippen LogP contribution in [-0.4, -0.2) is 11.4 Å². The molecule has 4 rings (SSSR count). The van der Waals surface area contributed by atoms with Crippen molar-refractivity contribution in [2.24, 2.45) is 4.99 Å². The summed E-state index contributed by atoms with van der Waals surface area (Å²) < 4.78 is 8.22. The van der Waals surface area contributed by atoms with Gasteiger partial charge in [0.1, 0.15) is 0 Å². The number of aliphatic imine (C=N–C) groups is 1. The number of alkyl halides is 1. The molecule has 0 aliphatic carbocycles. The van der Waals surface area contributed by atoms with Crippen molar-refractivity contribution in [3.63, 3.8) is 0 Å². The topological polar surface area (TPSA) is 21.6 Å². The summed E-state index contributed by atoms with van der Waals surface area (Å²) >= 11 is 13.7. The van der Waals surface area contributed by atoms with Crippen molar-refractivity contribution in [2.45, 2.75) is 11.3 Å². The standard InChI is InChI=1S/C21H14Br2ClNO/c22-17-12-6-4-10-15(17)19-21(26-20(24)25-19,14-8-2-1-3-9-14)16-11-5-7-13-18(16)23/h1-13,20H. The van der Waals surface area contributed by atoms with Gasteiger partial charge < -0.3 is 4.74 Å². The minimum Gasteiger partial charge on any atom is -0.320 e. The minimum absolute atomic E-state index is 0.774. The zero-order chi connectivity index (χ0) is 18.1. The molecule has 3 aromatic carbocycles. The summed E-state index contributed by atoms with van der Waals surface area (Å²) in [6, 6.07) is 26.1. The molecule has 0 bridgehead atoms. The lowest BCUT2D eigenvalue weighted by atomic mass is 9.79. The normalized spacial score (nSPS) is 22.3. The molecule has 0 aromatic heterocycles. The molecule has 0 spiro atoms. The Hall–Kier alpha value is -1.46. The first-order valence-corrected chi connectivity index (χ1v) is 10.1. The summed E-state index contributed by atoms with van der Waals surface area (Å²) in [6.45, 7) is 0. The van der Waals surface area contributed by atoms with Gasteiger partial charge in [0.05, 0.1) is 5.71 Å². The van der Waals surface area contributed by atoms with Gasteiger partial charge in [-0.25, -0.2) is 4.99 Å². The molecular formula is C21H14Br2ClNO. The maximum Gasteiger partial charge on any atom is 0.227 e. The lowest BCUT2D eigenvalue weighted by Crippen LogP contribution is -2.38. The Morgan fingerprint density at radius 1 is 0.808 bits per heavy atom. The summed E-state index contributed by atoms with van der Waals surface area (Å²) in [7, 11) is 0. The molecule has 130 valence electrons. The first-order chi connectivity index (χ1) is 12.6. The van der Waals surface area contributed by atoms with Crippen LogP contribution in [0.25, 0.3) is 0 Å². The highest BCUT2D eigenvalue weighted by molar-refractivity contribution is 9.10. The van der Waals surface area contributed by atoms with Crippen LogP contribution in [0.1, 0.15) is 16.7 Å². The van der Waals surface area contributed by atoms with E-state index in [2.05, 4.69) is 36.9 Å². The highest BCUT2D eigenvalue weighted by Gasteiger charge is 2.49. The van der Waals surface area contributed by atoms with Gasteiger partial charge in [0.2, 0.25) is 5.69 Å². The lowest BCUT2D eigenvalue weighted by molar-refractivity contribution is 0.0382. The highest BCUT2D eigenvalue weighted by Crippen LogP contribution is 2.46. The van der Waals surface area contributed by atoms with E-state index in [0.29, 0.717) is 0 Å². The van der Waals surface area contributed by atoms with Gasteiger partial charge in [-0.1, -0.05) is 110 Å². The molecule has 2 unspecified atom stereocenters. The van der Waals surface area contributed by atoms with E-state index >= 15 is 0 Å². The van der Waals surface area contributed by atoms with Crippen LogP contribution in [0.2, 0.25) is 0 Å². The van der Waals surface area contributed by atoms with Crippen molar-refractivity contribution < 1.29 is 4.74 Å². The number of ether oxygens (including phenoxy) is 1. The van der Waals surface area contributed by atoms with Gasteiger partial charge in [0, 0.05) is 20.1 Å². The Kier molecular flexibility index (Phi) is 5.02. The molecule has 3 aromatic rings. The molecular weight excluding hydrogens is 477 g/mol. The summed E-state index contributed by atoms with van der Waals surface area (Å²) in [5.41, 5.74) is 1.99. The second kappa shape index (κ2) is 7.28. The van der Waals surface area contributed by atoms with E-state index in [4.69, 9.17) is 16.3 Å².